The van der Waals surface area contributed by atoms with Gasteiger partial charge < -0.3 is 105 Å². The molecule has 8 aliphatic heterocycles. The highest BCUT2D eigenvalue weighted by Gasteiger charge is 2.51. The maximum absolute atomic E-state index is 12.3. The number of thioether (sulfide) groups is 1. The summed E-state index contributed by atoms with van der Waals surface area (Å²) in [6.45, 7) is 20.1. The monoisotopic (exact) mass is 1750 g/mol. The first kappa shape index (κ1) is 98.1. The van der Waals surface area contributed by atoms with Crippen molar-refractivity contribution in [2.24, 2.45) is 17.8 Å². The lowest BCUT2D eigenvalue weighted by atomic mass is 9.91. The minimum atomic E-state index is -0.856. The maximum Gasteiger partial charge on any atom is 0.509 e. The molecule has 6 aromatic rings. The van der Waals surface area contributed by atoms with Crippen molar-refractivity contribution in [2.45, 2.75) is 204 Å². The fourth-order valence-electron chi connectivity index (χ4n) is 13.9. The van der Waals surface area contributed by atoms with Crippen LogP contribution in [0.25, 0.3) is 0 Å². The summed E-state index contributed by atoms with van der Waals surface area (Å²) in [6, 6.07) is 59.6. The van der Waals surface area contributed by atoms with Crippen LogP contribution in [-0.4, -0.2) is 191 Å². The highest BCUT2D eigenvalue weighted by atomic mass is 32.2. The van der Waals surface area contributed by atoms with Crippen LogP contribution in [0.1, 0.15) is 108 Å². The normalized spacial score (nSPS) is 28.1. The van der Waals surface area contributed by atoms with Crippen molar-refractivity contribution in [1.82, 2.24) is 0 Å². The molecule has 14 rings (SSSR count). The van der Waals surface area contributed by atoms with E-state index < -0.39 is 96.5 Å². The number of rotatable bonds is 26. The standard InChI is InChI=1S/C21H28O7S.C20H20O4.C15H18O4.C15H20O2.C13H14O4.C12H16O7/c1-5-12-25-21(23)28-18-16(26-13-15-10-8-7-9-11-15)14(3)17(19(22)24-4)27-20(18)29-6-2;1-3-7-15(8-4-1)13-22-17-11-12-21-18-14-23-20(24-19(17)18)16-9-5-2-6-10-16;1-11-13(8-9-18-14(11)15(16)17-2)19-10-12-6-4-3-5-7-12;1-3-14-12(2)15(9-10-16-14)17-11-13-7-5-4-6-8-13;14-10-6-7-15-11-8-16-13(17-12(10)11)9-4-2-1-3-5-9;1-7(13)17-6-11-12(19-9(3)15)10(4-5-16-11)18-8(2)14/h5,7-11,14,16-18,20H,1,6,12-13H2,2-4H3;1-12,17-20H,13-14H2;3-9,11,13-14H,10H2,1-2H3;4-10,12,14-15H,3,11H2,1-2H3;1-7,10-14H,8H2;4-5,10-12H,6H2,1-3H3/t14-,16+,17?,18?,20-;17?,18?,19-,20?;11-,13?,14?;12-,14?,15?;10?,11?,12-,13?;10?,11?,12-/m000100/s1. The van der Waals surface area contributed by atoms with E-state index in [0.29, 0.717) is 51.3 Å². The van der Waals surface area contributed by atoms with E-state index in [1.54, 1.807) is 18.6 Å². The molecular formula is C96H116O28S. The van der Waals surface area contributed by atoms with Gasteiger partial charge in [0.2, 0.25) is 0 Å². The summed E-state index contributed by atoms with van der Waals surface area (Å²) in [4.78, 5) is 68.8. The van der Waals surface area contributed by atoms with Crippen LogP contribution >= 0.6 is 11.8 Å². The molecule has 0 bridgehead atoms. The Morgan fingerprint density at radius 1 is 0.440 bits per heavy atom. The van der Waals surface area contributed by atoms with Crippen molar-refractivity contribution in [2.75, 3.05) is 46.4 Å². The van der Waals surface area contributed by atoms with E-state index in [0.717, 1.165) is 34.2 Å². The second-order valence-corrected chi connectivity index (χ2v) is 31.0. The minimum absolute atomic E-state index is 0.0356. The first-order chi connectivity index (χ1) is 60.7. The van der Waals surface area contributed by atoms with Crippen LogP contribution in [0.15, 0.2) is 256 Å². The summed E-state index contributed by atoms with van der Waals surface area (Å²) in [7, 11) is 2.67. The summed E-state index contributed by atoms with van der Waals surface area (Å²) in [5, 5.41) is 9.82. The molecule has 29 heteroatoms. The summed E-state index contributed by atoms with van der Waals surface area (Å²) < 4.78 is 115. The quantitative estimate of drug-likeness (QED) is 0.0299. The van der Waals surface area contributed by atoms with Crippen LogP contribution in [0.5, 0.6) is 0 Å². The molecule has 0 amide bonds. The molecule has 22 atom stereocenters. The number of carbonyl (C=O) groups is 6. The second kappa shape index (κ2) is 53.0. The fraction of sp³-hybridized carbons (Fsp3) is 0.438. The second-order valence-electron chi connectivity index (χ2n) is 29.6. The van der Waals surface area contributed by atoms with Crippen LogP contribution < -0.4 is 0 Å². The zero-order chi connectivity index (χ0) is 89.2. The third-order valence-electron chi connectivity index (χ3n) is 20.5. The number of ether oxygens (including phenoxy) is 21. The van der Waals surface area contributed by atoms with Crippen LogP contribution in [0.2, 0.25) is 0 Å². The van der Waals surface area contributed by atoms with E-state index in [-0.39, 0.29) is 80.2 Å². The van der Waals surface area contributed by atoms with Crippen molar-refractivity contribution < 1.29 is 133 Å². The highest BCUT2D eigenvalue weighted by molar-refractivity contribution is 7.99. The summed E-state index contributed by atoms with van der Waals surface area (Å²) in [6.07, 6.45) is 10.9. The lowest BCUT2D eigenvalue weighted by molar-refractivity contribution is -0.281. The smallest absolute Gasteiger partial charge is 0.498 e. The summed E-state index contributed by atoms with van der Waals surface area (Å²) in [5.74, 6) is -1.78. The maximum atomic E-state index is 12.3. The molecule has 8 heterocycles. The Morgan fingerprint density at radius 2 is 0.872 bits per heavy atom. The Balaban J connectivity index is 0.000000172. The number of carbonyl (C=O) groups excluding carboxylic acids is 6. The number of hydrogen-bond acceptors (Lipinski definition) is 29. The Morgan fingerprint density at radius 3 is 1.36 bits per heavy atom. The minimum Gasteiger partial charge on any atom is -0.498 e. The Hall–Kier alpha value is -10.7. The van der Waals surface area contributed by atoms with Crippen molar-refractivity contribution in [3.05, 3.63) is 290 Å². The van der Waals surface area contributed by atoms with E-state index in [1.165, 1.54) is 83.3 Å². The van der Waals surface area contributed by atoms with E-state index in [2.05, 4.69) is 44.7 Å². The van der Waals surface area contributed by atoms with Gasteiger partial charge in [0.25, 0.3) is 0 Å². The van der Waals surface area contributed by atoms with Crippen LogP contribution in [0, 0.1) is 17.8 Å². The third kappa shape index (κ3) is 31.5. The average Bonchev–Trinajstić information content (AvgIpc) is 0.794. The largest absolute Gasteiger partial charge is 0.509 e. The van der Waals surface area contributed by atoms with E-state index in [9.17, 15) is 33.9 Å². The zero-order valence-corrected chi connectivity index (χ0v) is 72.8. The van der Waals surface area contributed by atoms with Gasteiger partial charge in [0.05, 0.1) is 97.4 Å². The van der Waals surface area contributed by atoms with Crippen LogP contribution in [-0.2, 0) is 150 Å². The van der Waals surface area contributed by atoms with Crippen molar-refractivity contribution in [3.8, 4) is 0 Å². The van der Waals surface area contributed by atoms with Crippen LogP contribution in [0.4, 0.5) is 4.79 Å². The Labute approximate surface area is 735 Å². The predicted octanol–water partition coefficient (Wildman–Crippen LogP) is 14.7. The third-order valence-corrected chi connectivity index (χ3v) is 21.6. The highest BCUT2D eigenvalue weighted by Crippen LogP contribution is 2.38. The van der Waals surface area contributed by atoms with Gasteiger partial charge in [-0.15, -0.1) is 11.8 Å². The fourth-order valence-corrected chi connectivity index (χ4v) is 14.9. The molecule has 6 aromatic carbocycles. The van der Waals surface area contributed by atoms with Crippen molar-refractivity contribution in [3.63, 3.8) is 0 Å². The van der Waals surface area contributed by atoms with E-state index in [1.807, 2.05) is 197 Å². The topological polar surface area (TPSA) is 316 Å². The van der Waals surface area contributed by atoms with E-state index in [4.69, 9.17) is 99.5 Å². The molecule has 125 heavy (non-hydrogen) atoms. The first-order valence-electron chi connectivity index (χ1n) is 41.6. The van der Waals surface area contributed by atoms with Gasteiger partial charge in [-0.05, 0) is 64.8 Å². The molecule has 3 fully saturated rings. The number of fused-ring (bicyclic) bond motifs is 2. The number of hydrogen-bond donors (Lipinski definition) is 1. The first-order valence-corrected chi connectivity index (χ1v) is 42.6. The van der Waals surface area contributed by atoms with Crippen molar-refractivity contribution >= 4 is 47.8 Å². The van der Waals surface area contributed by atoms with Crippen LogP contribution in [0.3, 0.4) is 0 Å². The molecule has 8 aliphatic rings. The van der Waals surface area contributed by atoms with Crippen molar-refractivity contribution in [1.29, 1.82) is 0 Å². The molecule has 0 aliphatic carbocycles. The molecule has 28 nitrogen and oxygen atoms in total. The lowest BCUT2D eigenvalue weighted by Crippen LogP contribution is -2.57. The molecule has 1 N–H and O–H groups in total. The average molecular weight is 1750 g/mol. The summed E-state index contributed by atoms with van der Waals surface area (Å²) >= 11 is 1.42. The molecule has 3 saturated heterocycles. The molecule has 14 unspecified atom stereocenters. The number of esters is 5. The van der Waals surface area contributed by atoms with Gasteiger partial charge in [-0.2, -0.15) is 0 Å². The Bertz CT molecular complexity index is 4330. The number of aliphatic hydroxyl groups is 1. The number of aliphatic hydroxyl groups excluding tert-OH is 1. The molecule has 674 valence electrons. The number of benzene rings is 6. The van der Waals surface area contributed by atoms with Gasteiger partial charge in [0.15, 0.2) is 61.4 Å². The molecule has 0 aromatic heterocycles. The van der Waals surface area contributed by atoms with Gasteiger partial charge >= 0.3 is 36.0 Å². The van der Waals surface area contributed by atoms with E-state index >= 15 is 0 Å². The molecule has 0 radical (unpaired) electrons. The Kier molecular flexibility index (Phi) is 41.6. The molecule has 0 spiro atoms. The zero-order valence-electron chi connectivity index (χ0n) is 72.0. The van der Waals surface area contributed by atoms with Gasteiger partial charge in [-0.25, -0.2) is 14.4 Å². The van der Waals surface area contributed by atoms with Gasteiger partial charge in [0, 0.05) is 49.7 Å². The summed E-state index contributed by atoms with van der Waals surface area (Å²) in [5.41, 5.74) is 5.78. The molecule has 0 saturated carbocycles. The van der Waals surface area contributed by atoms with Gasteiger partial charge in [-0.1, -0.05) is 229 Å². The molecular weight excluding hydrogens is 1630 g/mol. The van der Waals surface area contributed by atoms with Gasteiger partial charge in [-0.3, -0.25) is 14.4 Å². The van der Waals surface area contributed by atoms with Gasteiger partial charge in [0.1, 0.15) is 55.3 Å². The SMILES string of the molecule is C1=CC(OCc2ccccc2)[C@@H]2OC(c3ccccc3)OCC2O1.C=CCOC(=O)OC1[C@H](SCC)OC(C(=O)OC)[C@@H](C)[C@H]1OCc1ccccc1.CC(=O)OCC1OC=CC(OC(C)=O)[C@@H]1OC(C)=O.CCC1OC=CC(OCc2ccccc2)[C@@H]1C.COC(=O)C1OC=CC(OCc2ccccc2)[C@@H]1C.OC1C=COC2COC(c3ccccc3)O[C@@H]12. The number of methoxy groups -OCH3 is 2. The lowest BCUT2D eigenvalue weighted by Gasteiger charge is -2.43. The predicted molar refractivity (Wildman–Crippen MR) is 459 cm³/mol.